The highest BCUT2D eigenvalue weighted by atomic mass is 32.2. The molecule has 1 aromatic rings. The zero-order valence-corrected chi connectivity index (χ0v) is 16.0. The van der Waals surface area contributed by atoms with Crippen LogP contribution in [0.5, 0.6) is 0 Å². The summed E-state index contributed by atoms with van der Waals surface area (Å²) in [6, 6.07) is 7.67. The zero-order chi connectivity index (χ0) is 18.5. The second-order valence-corrected chi connectivity index (χ2v) is 8.37. The maximum Gasteiger partial charge on any atom is 0.303 e. The van der Waals surface area contributed by atoms with E-state index in [1.165, 1.54) is 19.3 Å². The first-order valence-electron chi connectivity index (χ1n) is 9.20. The van der Waals surface area contributed by atoms with E-state index in [0.29, 0.717) is 19.4 Å². The molecule has 0 saturated heterocycles. The zero-order valence-electron chi connectivity index (χ0n) is 15.2. The number of nitrogens with one attached hydrogen (secondary N) is 1. The molecule has 1 aromatic carbocycles. The van der Waals surface area contributed by atoms with Crippen LogP contribution in [-0.4, -0.2) is 31.8 Å². The van der Waals surface area contributed by atoms with Crippen molar-refractivity contribution in [2.24, 2.45) is 0 Å². The van der Waals surface area contributed by atoms with Gasteiger partial charge in [-0.15, -0.1) is 0 Å². The van der Waals surface area contributed by atoms with Crippen LogP contribution in [0.2, 0.25) is 0 Å². The van der Waals surface area contributed by atoms with Crippen LogP contribution in [0.1, 0.15) is 63.0 Å². The molecule has 142 valence electrons. The molecule has 0 bridgehead atoms. The van der Waals surface area contributed by atoms with Crippen molar-refractivity contribution in [2.75, 3.05) is 12.3 Å². The van der Waals surface area contributed by atoms with Crippen molar-refractivity contribution in [3.63, 3.8) is 0 Å². The molecule has 0 atom stereocenters. The van der Waals surface area contributed by atoms with Gasteiger partial charge in [-0.25, -0.2) is 13.1 Å². The molecule has 0 radical (unpaired) electrons. The van der Waals surface area contributed by atoms with Crippen LogP contribution in [0.3, 0.4) is 0 Å². The lowest BCUT2D eigenvalue weighted by Crippen LogP contribution is -2.28. The van der Waals surface area contributed by atoms with Gasteiger partial charge >= 0.3 is 5.97 Å². The topological polar surface area (TPSA) is 83.5 Å². The third-order valence-electron chi connectivity index (χ3n) is 4.15. The minimum Gasteiger partial charge on any atom is -0.481 e. The standard InChI is InChI=1S/C19H31NO4S/c1-2-3-4-5-6-7-16-25(23,24)20-15-14-18-10-8-17(9-11-18)12-13-19(21)22/h8-11,20H,2-7,12-16H2,1H3,(H,21,22). The molecule has 0 aliphatic heterocycles. The molecule has 5 nitrogen and oxygen atoms in total. The van der Waals surface area contributed by atoms with Gasteiger partial charge in [-0.1, -0.05) is 63.3 Å². The number of aryl methyl sites for hydroxylation is 1. The summed E-state index contributed by atoms with van der Waals surface area (Å²) in [5.74, 6) is -0.600. The molecule has 0 spiro atoms. The smallest absolute Gasteiger partial charge is 0.303 e. The van der Waals surface area contributed by atoms with Gasteiger partial charge in [-0.3, -0.25) is 4.79 Å². The molecular weight excluding hydrogens is 338 g/mol. The minimum atomic E-state index is -3.19. The minimum absolute atomic E-state index is 0.123. The van der Waals surface area contributed by atoms with Crippen molar-refractivity contribution in [1.82, 2.24) is 4.72 Å². The van der Waals surface area contributed by atoms with E-state index in [-0.39, 0.29) is 12.2 Å². The number of sulfonamides is 1. The Morgan fingerprint density at radius 1 is 0.960 bits per heavy atom. The fraction of sp³-hybridized carbons (Fsp3) is 0.632. The molecule has 0 unspecified atom stereocenters. The van der Waals surface area contributed by atoms with Gasteiger partial charge in [-0.05, 0) is 30.4 Å². The van der Waals surface area contributed by atoms with Crippen LogP contribution in [-0.2, 0) is 27.7 Å². The van der Waals surface area contributed by atoms with E-state index in [9.17, 15) is 13.2 Å². The Kier molecular flexibility index (Phi) is 10.4. The SMILES string of the molecule is CCCCCCCCS(=O)(=O)NCCc1ccc(CCC(=O)O)cc1. The van der Waals surface area contributed by atoms with Crippen molar-refractivity contribution in [2.45, 2.75) is 64.7 Å². The molecule has 25 heavy (non-hydrogen) atoms. The molecule has 0 aliphatic carbocycles. The van der Waals surface area contributed by atoms with Gasteiger partial charge in [0.2, 0.25) is 10.0 Å². The predicted octanol–water partition coefficient (Wildman–Crippen LogP) is 3.53. The quantitative estimate of drug-likeness (QED) is 0.491. The highest BCUT2D eigenvalue weighted by molar-refractivity contribution is 7.89. The Morgan fingerprint density at radius 3 is 2.12 bits per heavy atom. The van der Waals surface area contributed by atoms with E-state index in [2.05, 4.69) is 11.6 Å². The Balaban J connectivity index is 2.23. The fourth-order valence-corrected chi connectivity index (χ4v) is 3.76. The molecule has 1 rings (SSSR count). The van der Waals surface area contributed by atoms with Gasteiger partial charge in [0.15, 0.2) is 0 Å². The Bertz CT molecular complexity index is 596. The lowest BCUT2D eigenvalue weighted by Gasteiger charge is -2.07. The fourth-order valence-electron chi connectivity index (χ4n) is 2.62. The summed E-state index contributed by atoms with van der Waals surface area (Å²) in [4.78, 5) is 10.6. The molecule has 0 fully saturated rings. The number of unbranched alkanes of at least 4 members (excludes halogenated alkanes) is 5. The number of benzene rings is 1. The summed E-state index contributed by atoms with van der Waals surface area (Å²) in [6.45, 7) is 2.56. The van der Waals surface area contributed by atoms with Gasteiger partial charge in [-0.2, -0.15) is 0 Å². The average molecular weight is 370 g/mol. The lowest BCUT2D eigenvalue weighted by atomic mass is 10.1. The van der Waals surface area contributed by atoms with E-state index in [1.807, 2.05) is 24.3 Å². The molecule has 0 amide bonds. The van der Waals surface area contributed by atoms with E-state index >= 15 is 0 Å². The largest absolute Gasteiger partial charge is 0.481 e. The van der Waals surface area contributed by atoms with Crippen LogP contribution in [0, 0.1) is 0 Å². The van der Waals surface area contributed by atoms with Crippen molar-refractivity contribution in [3.05, 3.63) is 35.4 Å². The molecule has 6 heteroatoms. The highest BCUT2D eigenvalue weighted by Crippen LogP contribution is 2.08. The number of hydrogen-bond acceptors (Lipinski definition) is 3. The van der Waals surface area contributed by atoms with Gasteiger partial charge < -0.3 is 5.11 Å². The van der Waals surface area contributed by atoms with Crippen LogP contribution in [0.25, 0.3) is 0 Å². The Hall–Kier alpha value is -1.40. The monoisotopic (exact) mass is 369 g/mol. The van der Waals surface area contributed by atoms with Crippen LogP contribution >= 0.6 is 0 Å². The number of hydrogen-bond donors (Lipinski definition) is 2. The van der Waals surface area contributed by atoms with E-state index in [4.69, 9.17) is 5.11 Å². The van der Waals surface area contributed by atoms with Crippen LogP contribution in [0.15, 0.2) is 24.3 Å². The first-order chi connectivity index (χ1) is 11.9. The van der Waals surface area contributed by atoms with Gasteiger partial charge in [0.25, 0.3) is 0 Å². The Morgan fingerprint density at radius 2 is 1.52 bits per heavy atom. The lowest BCUT2D eigenvalue weighted by molar-refractivity contribution is -0.136. The summed E-state index contributed by atoms with van der Waals surface area (Å²) >= 11 is 0. The molecule has 0 aliphatic rings. The van der Waals surface area contributed by atoms with Crippen molar-refractivity contribution >= 4 is 16.0 Å². The molecule has 0 saturated carbocycles. The van der Waals surface area contributed by atoms with Crippen molar-refractivity contribution < 1.29 is 18.3 Å². The van der Waals surface area contributed by atoms with Gasteiger partial charge in [0.05, 0.1) is 5.75 Å². The normalized spacial score (nSPS) is 11.6. The maximum atomic E-state index is 11.9. The van der Waals surface area contributed by atoms with E-state index in [0.717, 1.165) is 30.4 Å². The van der Waals surface area contributed by atoms with Crippen molar-refractivity contribution in [1.29, 1.82) is 0 Å². The van der Waals surface area contributed by atoms with Gasteiger partial charge in [0, 0.05) is 13.0 Å². The molecule has 0 aromatic heterocycles. The maximum absolute atomic E-state index is 11.9. The first kappa shape index (κ1) is 21.6. The second kappa shape index (κ2) is 12.0. The number of rotatable bonds is 14. The summed E-state index contributed by atoms with van der Waals surface area (Å²) in [6.07, 6.45) is 7.67. The van der Waals surface area contributed by atoms with E-state index in [1.54, 1.807) is 0 Å². The first-order valence-corrected chi connectivity index (χ1v) is 10.8. The Labute approximate surface area is 151 Å². The second-order valence-electron chi connectivity index (χ2n) is 6.44. The third-order valence-corrected chi connectivity index (χ3v) is 5.62. The summed E-state index contributed by atoms with van der Waals surface area (Å²) < 4.78 is 26.6. The number of carboxylic acids is 1. The predicted molar refractivity (Wildman–Crippen MR) is 101 cm³/mol. The highest BCUT2D eigenvalue weighted by Gasteiger charge is 2.09. The van der Waals surface area contributed by atoms with Crippen LogP contribution in [0.4, 0.5) is 0 Å². The van der Waals surface area contributed by atoms with Gasteiger partial charge in [0.1, 0.15) is 0 Å². The number of carbonyl (C=O) groups is 1. The molecule has 2 N–H and O–H groups in total. The number of carboxylic acid groups (broad SMARTS) is 1. The summed E-state index contributed by atoms with van der Waals surface area (Å²) in [5, 5.41) is 8.67. The molecular formula is C19H31NO4S. The number of aliphatic carboxylic acids is 1. The van der Waals surface area contributed by atoms with Crippen molar-refractivity contribution in [3.8, 4) is 0 Å². The molecule has 0 heterocycles. The summed E-state index contributed by atoms with van der Waals surface area (Å²) in [5.41, 5.74) is 2.02. The summed E-state index contributed by atoms with van der Waals surface area (Å²) in [7, 11) is -3.19. The average Bonchev–Trinajstić information content (AvgIpc) is 2.57. The third kappa shape index (κ3) is 10.9. The van der Waals surface area contributed by atoms with E-state index < -0.39 is 16.0 Å². The van der Waals surface area contributed by atoms with Crippen LogP contribution < -0.4 is 4.72 Å².